The highest BCUT2D eigenvalue weighted by Gasteiger charge is 2.18. The Hall–Kier alpha value is -4.39. The third kappa shape index (κ3) is 6.25. The van der Waals surface area contributed by atoms with Gasteiger partial charge in [0.15, 0.2) is 11.1 Å². The number of carbonyl (C=O) groups excluding carboxylic acids is 2. The van der Waals surface area contributed by atoms with Gasteiger partial charge in [-0.15, -0.1) is 0 Å². The molecule has 0 bridgehead atoms. The number of fused-ring (bicyclic) bond motifs is 1. The number of aldehydes is 1. The van der Waals surface area contributed by atoms with E-state index in [2.05, 4.69) is 20.6 Å². The lowest BCUT2D eigenvalue weighted by Crippen LogP contribution is -2.31. The maximum atomic E-state index is 12.9. The molecular formula is C28H30N6O5S. The highest BCUT2D eigenvalue weighted by molar-refractivity contribution is 7.79. The van der Waals surface area contributed by atoms with E-state index in [9.17, 15) is 23.1 Å². The van der Waals surface area contributed by atoms with E-state index in [1.165, 1.54) is 17.3 Å². The molecule has 6 N–H and O–H groups in total. The number of aromatic nitrogens is 2. The summed E-state index contributed by atoms with van der Waals surface area (Å²) in [7, 11) is 1.66. The number of urea groups is 1. The number of rotatable bonds is 9. The fourth-order valence-electron chi connectivity index (χ4n) is 4.50. The van der Waals surface area contributed by atoms with Crippen LogP contribution in [-0.4, -0.2) is 43.0 Å². The first-order valence-corrected chi connectivity index (χ1v) is 13.5. The first-order chi connectivity index (χ1) is 19.1. The zero-order chi connectivity index (χ0) is 29.0. The second-order valence-electron chi connectivity index (χ2n) is 9.42. The number of anilines is 2. The number of nitrogens with zero attached hydrogens (tertiary/aromatic N) is 2. The molecule has 208 valence electrons. The fraction of sp³-hybridized carbons (Fsp3) is 0.214. The molecule has 0 aliphatic heterocycles. The Morgan fingerprint density at radius 1 is 1.15 bits per heavy atom. The van der Waals surface area contributed by atoms with Gasteiger partial charge in [-0.05, 0) is 78.1 Å². The molecule has 12 heteroatoms. The van der Waals surface area contributed by atoms with Gasteiger partial charge < -0.3 is 35.6 Å². The molecule has 4 aromatic rings. The van der Waals surface area contributed by atoms with Gasteiger partial charge in [0.1, 0.15) is 12.3 Å². The second-order valence-corrected chi connectivity index (χ2v) is 10.4. The Morgan fingerprint density at radius 3 is 2.50 bits per heavy atom. The minimum Gasteiger partial charge on any atom is -0.372 e. The van der Waals surface area contributed by atoms with Crippen LogP contribution in [0.15, 0.2) is 64.5 Å². The Bertz CT molecular complexity index is 1650. The van der Waals surface area contributed by atoms with Crippen LogP contribution in [-0.2, 0) is 29.0 Å². The molecule has 0 fully saturated rings. The Kier molecular flexibility index (Phi) is 8.73. The van der Waals surface area contributed by atoms with Crippen LogP contribution in [0.2, 0.25) is 0 Å². The van der Waals surface area contributed by atoms with E-state index in [0.29, 0.717) is 34.4 Å². The Labute approximate surface area is 233 Å². The van der Waals surface area contributed by atoms with E-state index in [1.54, 1.807) is 37.4 Å². The maximum absolute atomic E-state index is 12.9. The number of aromatic amines is 1. The SMILES string of the molecule is Cc1cc(C(C=O)Nc2ccc3nc[nH]c(=O)c3c2)cc(C)c1CN(C)C(=O)Nc1ccc(S(=O)O)c(CN)c1. The molecule has 3 aromatic carbocycles. The largest absolute Gasteiger partial charge is 0.372 e. The third-order valence-corrected chi connectivity index (χ3v) is 7.41. The van der Waals surface area contributed by atoms with E-state index in [-0.39, 0.29) is 23.0 Å². The second kappa shape index (κ2) is 12.2. The number of hydrogen-bond acceptors (Lipinski definition) is 7. The molecule has 1 aromatic heterocycles. The Balaban J connectivity index is 1.49. The first-order valence-electron chi connectivity index (χ1n) is 12.4. The van der Waals surface area contributed by atoms with Gasteiger partial charge in [0.25, 0.3) is 5.56 Å². The summed E-state index contributed by atoms with van der Waals surface area (Å²) < 4.78 is 20.8. The van der Waals surface area contributed by atoms with Crippen molar-refractivity contribution < 1.29 is 18.4 Å². The third-order valence-electron chi connectivity index (χ3n) is 6.64. The molecule has 2 unspecified atom stereocenters. The van der Waals surface area contributed by atoms with Crippen molar-refractivity contribution in [3.05, 3.63) is 93.0 Å². The fourth-order valence-corrected chi connectivity index (χ4v) is 5.06. The summed E-state index contributed by atoms with van der Waals surface area (Å²) in [4.78, 5) is 45.5. The zero-order valence-electron chi connectivity index (χ0n) is 22.2. The first kappa shape index (κ1) is 28.6. The maximum Gasteiger partial charge on any atom is 0.321 e. The van der Waals surface area contributed by atoms with E-state index < -0.39 is 17.1 Å². The smallest absolute Gasteiger partial charge is 0.321 e. The molecule has 0 saturated carbocycles. The van der Waals surface area contributed by atoms with Crippen molar-refractivity contribution in [2.75, 3.05) is 17.7 Å². The molecule has 0 saturated heterocycles. The van der Waals surface area contributed by atoms with Crippen LogP contribution in [0.1, 0.15) is 33.9 Å². The van der Waals surface area contributed by atoms with E-state index in [0.717, 1.165) is 28.5 Å². The summed E-state index contributed by atoms with van der Waals surface area (Å²) in [6.07, 6.45) is 2.15. The molecule has 0 aliphatic rings. The Morgan fingerprint density at radius 2 is 1.85 bits per heavy atom. The van der Waals surface area contributed by atoms with Crippen molar-refractivity contribution in [2.24, 2.45) is 5.73 Å². The van der Waals surface area contributed by atoms with Gasteiger partial charge in [0, 0.05) is 31.5 Å². The number of benzene rings is 3. The van der Waals surface area contributed by atoms with Gasteiger partial charge in [0.05, 0.1) is 22.1 Å². The number of aryl methyl sites for hydroxylation is 2. The minimum absolute atomic E-state index is 0.0545. The normalized spacial score (nSPS) is 12.5. The molecule has 2 amide bonds. The standard InChI is InChI=1S/C28H30N6O5S/c1-16-8-18(25(14-35)32-21-4-6-24-22(11-21)27(36)31-15-30-24)9-17(2)23(16)13-34(3)28(37)33-20-5-7-26(40(38)39)19(10-20)12-29/h4-11,14-15,25,32H,12-13,29H2,1-3H3,(H,33,37)(H,38,39)(H,30,31,36). The molecule has 0 spiro atoms. The van der Waals surface area contributed by atoms with Crippen molar-refractivity contribution in [3.63, 3.8) is 0 Å². The van der Waals surface area contributed by atoms with Gasteiger partial charge in [-0.25, -0.2) is 14.0 Å². The summed E-state index contributed by atoms with van der Waals surface area (Å²) in [6.45, 7) is 4.20. The van der Waals surface area contributed by atoms with Gasteiger partial charge >= 0.3 is 6.03 Å². The lowest BCUT2D eigenvalue weighted by atomic mass is 9.95. The van der Waals surface area contributed by atoms with Crippen LogP contribution in [0.25, 0.3) is 10.9 Å². The van der Waals surface area contributed by atoms with Crippen molar-refractivity contribution in [2.45, 2.75) is 37.9 Å². The van der Waals surface area contributed by atoms with Crippen LogP contribution in [0.5, 0.6) is 0 Å². The summed E-state index contributed by atoms with van der Waals surface area (Å²) >= 11 is -2.17. The predicted molar refractivity (Wildman–Crippen MR) is 155 cm³/mol. The van der Waals surface area contributed by atoms with Gasteiger partial charge in [0.2, 0.25) is 0 Å². The van der Waals surface area contributed by atoms with E-state index in [1.807, 2.05) is 26.0 Å². The monoisotopic (exact) mass is 562 g/mol. The summed E-state index contributed by atoms with van der Waals surface area (Å²) in [5.74, 6) is 0. The summed E-state index contributed by atoms with van der Waals surface area (Å²) in [5.41, 5.74) is 11.0. The zero-order valence-corrected chi connectivity index (χ0v) is 23.0. The minimum atomic E-state index is -2.17. The average molecular weight is 563 g/mol. The highest BCUT2D eigenvalue weighted by Crippen LogP contribution is 2.26. The number of nitrogens with one attached hydrogen (secondary N) is 3. The van der Waals surface area contributed by atoms with Gasteiger partial charge in [-0.1, -0.05) is 12.1 Å². The quantitative estimate of drug-likeness (QED) is 0.152. The van der Waals surface area contributed by atoms with Crippen molar-refractivity contribution in [3.8, 4) is 0 Å². The molecule has 1 heterocycles. The lowest BCUT2D eigenvalue weighted by molar-refractivity contribution is -0.108. The topological polar surface area (TPSA) is 171 Å². The average Bonchev–Trinajstić information content (AvgIpc) is 2.93. The molecular weight excluding hydrogens is 532 g/mol. The number of H-pyrrole nitrogens is 1. The summed E-state index contributed by atoms with van der Waals surface area (Å²) in [5, 5.41) is 6.38. The van der Waals surface area contributed by atoms with Crippen LogP contribution >= 0.6 is 0 Å². The molecule has 0 radical (unpaired) electrons. The van der Waals surface area contributed by atoms with Crippen molar-refractivity contribution in [1.82, 2.24) is 14.9 Å². The van der Waals surface area contributed by atoms with E-state index in [4.69, 9.17) is 5.73 Å². The summed E-state index contributed by atoms with van der Waals surface area (Å²) in [6, 6.07) is 12.5. The number of hydrogen-bond donors (Lipinski definition) is 5. The van der Waals surface area contributed by atoms with Crippen LogP contribution in [0.4, 0.5) is 16.2 Å². The molecule has 40 heavy (non-hydrogen) atoms. The highest BCUT2D eigenvalue weighted by atomic mass is 32.2. The van der Waals surface area contributed by atoms with Crippen molar-refractivity contribution >= 4 is 45.7 Å². The van der Waals surface area contributed by atoms with Crippen molar-refractivity contribution in [1.29, 1.82) is 0 Å². The van der Waals surface area contributed by atoms with Gasteiger partial charge in [-0.3, -0.25) is 4.79 Å². The van der Waals surface area contributed by atoms with Crippen LogP contribution in [0.3, 0.4) is 0 Å². The van der Waals surface area contributed by atoms with Crippen LogP contribution < -0.4 is 21.9 Å². The van der Waals surface area contributed by atoms with Gasteiger partial charge in [-0.2, -0.15) is 0 Å². The molecule has 4 rings (SSSR count). The lowest BCUT2D eigenvalue weighted by Gasteiger charge is -2.23. The number of amides is 2. The molecule has 0 aliphatic carbocycles. The predicted octanol–water partition coefficient (Wildman–Crippen LogP) is 3.60. The number of nitrogens with two attached hydrogens (primary N) is 1. The molecule has 11 nitrogen and oxygen atoms in total. The van der Waals surface area contributed by atoms with E-state index >= 15 is 0 Å². The molecule has 2 atom stereocenters. The number of carbonyl (C=O) groups is 2. The van der Waals surface area contributed by atoms with Crippen LogP contribution in [0, 0.1) is 13.8 Å².